The fourth-order valence-corrected chi connectivity index (χ4v) is 2.72. The number of Topliss-reactive ketones (excluding diaryl/α,β-unsaturated/α-hetero) is 1. The smallest absolute Gasteiger partial charge is 0.326 e. The molecule has 11 nitrogen and oxygen atoms in total. The quantitative estimate of drug-likeness (QED) is 0.125. The van der Waals surface area contributed by atoms with Crippen LogP contribution in [0.2, 0.25) is 0 Å². The number of ether oxygens (including phenoxy) is 4. The molecule has 1 atom stereocenters. The zero-order valence-electron chi connectivity index (χ0n) is 19.3. The van der Waals surface area contributed by atoms with Gasteiger partial charge in [0.15, 0.2) is 5.78 Å². The lowest BCUT2D eigenvalue weighted by atomic mass is 10.1. The highest BCUT2D eigenvalue weighted by Gasteiger charge is 2.19. The molecular weight excluding hydrogens is 504 g/mol. The van der Waals surface area contributed by atoms with Crippen LogP contribution in [0.5, 0.6) is 0 Å². The maximum atomic E-state index is 11.9. The number of hydrogen-bond acceptors (Lipinski definition) is 8. The maximum absolute atomic E-state index is 11.9. The van der Waals surface area contributed by atoms with Crippen LogP contribution in [-0.2, 0) is 38.1 Å². The first kappa shape index (κ1) is 31.4. The van der Waals surface area contributed by atoms with Crippen LogP contribution < -0.4 is 10.6 Å². The summed E-state index contributed by atoms with van der Waals surface area (Å²) in [4.78, 5) is 45.9. The zero-order valence-corrected chi connectivity index (χ0v) is 20.9. The van der Waals surface area contributed by atoms with E-state index in [0.29, 0.717) is 58.7 Å². The number of carbonyl (C=O) groups excluding carboxylic acids is 3. The molecule has 0 aromatic carbocycles. The minimum atomic E-state index is -1.12. The third kappa shape index (κ3) is 20.7. The van der Waals surface area contributed by atoms with Crippen LogP contribution >= 0.6 is 15.9 Å². The van der Waals surface area contributed by atoms with E-state index in [0.717, 1.165) is 0 Å². The molecule has 0 heterocycles. The second kappa shape index (κ2) is 22.2. The molecule has 0 spiro atoms. The van der Waals surface area contributed by atoms with Crippen LogP contribution in [0.15, 0.2) is 0 Å². The van der Waals surface area contributed by atoms with Crippen LogP contribution in [0.4, 0.5) is 0 Å². The number of carboxylic acid groups (broad SMARTS) is 1. The van der Waals surface area contributed by atoms with Gasteiger partial charge in [-0.15, -0.1) is 0 Å². The van der Waals surface area contributed by atoms with Crippen LogP contribution in [0.25, 0.3) is 0 Å². The summed E-state index contributed by atoms with van der Waals surface area (Å²) in [5.41, 5.74) is 0. The number of amides is 2. The van der Waals surface area contributed by atoms with Gasteiger partial charge in [-0.3, -0.25) is 14.4 Å². The minimum absolute atomic E-state index is 0.000287. The number of halogens is 1. The number of ketones is 1. The summed E-state index contributed by atoms with van der Waals surface area (Å²) in [7, 11) is 0. The predicted molar refractivity (Wildman–Crippen MR) is 123 cm³/mol. The number of alkyl halides is 1. The topological polar surface area (TPSA) is 149 Å². The highest BCUT2D eigenvalue weighted by atomic mass is 79.9. The van der Waals surface area contributed by atoms with Crippen molar-refractivity contribution < 1.29 is 43.2 Å². The number of hydrogen-bond donors (Lipinski definition) is 3. The van der Waals surface area contributed by atoms with Crippen molar-refractivity contribution in [3.8, 4) is 0 Å². The third-order valence-corrected chi connectivity index (χ3v) is 4.69. The SMILES string of the molecule is CCOCCOCC(=O)CCCOCCOCC(=O)N[C@H](CCCCNC(=O)CBr)C(=O)O. The largest absolute Gasteiger partial charge is 0.480 e. The molecule has 0 fully saturated rings. The van der Waals surface area contributed by atoms with Crippen LogP contribution in [0.1, 0.15) is 39.0 Å². The molecule has 192 valence electrons. The van der Waals surface area contributed by atoms with Crippen molar-refractivity contribution in [2.75, 3.05) is 64.7 Å². The molecule has 0 saturated heterocycles. The first-order valence-electron chi connectivity index (χ1n) is 11.1. The second-order valence-corrected chi connectivity index (χ2v) is 7.56. The number of carbonyl (C=O) groups is 4. The van der Waals surface area contributed by atoms with Crippen molar-refractivity contribution in [3.63, 3.8) is 0 Å². The van der Waals surface area contributed by atoms with E-state index in [9.17, 15) is 24.3 Å². The Balaban J connectivity index is 3.69. The summed E-state index contributed by atoms with van der Waals surface area (Å²) in [6.07, 6.45) is 2.32. The molecule has 0 aliphatic carbocycles. The molecule has 33 heavy (non-hydrogen) atoms. The summed E-state index contributed by atoms with van der Waals surface area (Å²) < 4.78 is 20.8. The van der Waals surface area contributed by atoms with Gasteiger partial charge in [-0.1, -0.05) is 15.9 Å². The molecule has 0 saturated carbocycles. The zero-order chi connectivity index (χ0) is 24.7. The number of nitrogens with one attached hydrogen (secondary N) is 2. The number of rotatable bonds is 23. The Labute approximate surface area is 203 Å². The summed E-state index contributed by atoms with van der Waals surface area (Å²) in [6.45, 7) is 4.44. The van der Waals surface area contributed by atoms with Crippen molar-refractivity contribution in [2.45, 2.75) is 45.1 Å². The summed E-state index contributed by atoms with van der Waals surface area (Å²) in [5, 5.41) is 14.5. The van der Waals surface area contributed by atoms with Gasteiger partial charge in [0.25, 0.3) is 0 Å². The summed E-state index contributed by atoms with van der Waals surface area (Å²) in [6, 6.07) is -1.01. The van der Waals surface area contributed by atoms with E-state index in [1.807, 2.05) is 6.92 Å². The molecule has 0 unspecified atom stereocenters. The van der Waals surface area contributed by atoms with Gasteiger partial charge in [-0.05, 0) is 32.6 Å². The monoisotopic (exact) mass is 540 g/mol. The lowest BCUT2D eigenvalue weighted by Crippen LogP contribution is -2.42. The van der Waals surface area contributed by atoms with Gasteiger partial charge in [0, 0.05) is 26.2 Å². The normalized spacial score (nSPS) is 11.7. The van der Waals surface area contributed by atoms with Crippen molar-refractivity contribution in [3.05, 3.63) is 0 Å². The fraction of sp³-hybridized carbons (Fsp3) is 0.810. The average Bonchev–Trinajstić information content (AvgIpc) is 2.79. The number of unbranched alkanes of at least 4 members (excludes halogenated alkanes) is 1. The molecule has 0 aromatic rings. The van der Waals surface area contributed by atoms with Gasteiger partial charge in [-0.2, -0.15) is 0 Å². The van der Waals surface area contributed by atoms with E-state index in [1.54, 1.807) is 0 Å². The Morgan fingerprint density at radius 1 is 0.848 bits per heavy atom. The standard InChI is InChI=1S/C21H37BrN2O9/c1-2-30-10-12-32-15-17(25)6-5-9-31-11-13-33-16-20(27)24-18(21(28)29)7-3-4-8-23-19(26)14-22/h18H,2-16H2,1H3,(H,23,26)(H,24,27)(H,28,29)/t18-/m1/s1. The van der Waals surface area contributed by atoms with Crippen LogP contribution in [-0.4, -0.2) is 99.4 Å². The van der Waals surface area contributed by atoms with E-state index in [2.05, 4.69) is 26.6 Å². The molecule has 0 aliphatic rings. The molecule has 0 aliphatic heterocycles. The lowest BCUT2D eigenvalue weighted by Gasteiger charge is -2.14. The van der Waals surface area contributed by atoms with E-state index >= 15 is 0 Å². The van der Waals surface area contributed by atoms with Gasteiger partial charge >= 0.3 is 5.97 Å². The van der Waals surface area contributed by atoms with Gasteiger partial charge in [0.2, 0.25) is 11.8 Å². The van der Waals surface area contributed by atoms with E-state index in [-0.39, 0.29) is 49.9 Å². The van der Waals surface area contributed by atoms with Crippen molar-refractivity contribution in [2.24, 2.45) is 0 Å². The van der Waals surface area contributed by atoms with Crippen LogP contribution in [0, 0.1) is 0 Å². The van der Waals surface area contributed by atoms with E-state index in [4.69, 9.17) is 18.9 Å². The number of aliphatic carboxylic acids is 1. The Hall–Kier alpha value is -1.60. The second-order valence-electron chi connectivity index (χ2n) is 6.99. The Morgan fingerprint density at radius 3 is 2.18 bits per heavy atom. The van der Waals surface area contributed by atoms with Gasteiger partial charge in [-0.25, -0.2) is 4.79 Å². The molecule has 0 bridgehead atoms. The molecule has 0 aromatic heterocycles. The highest BCUT2D eigenvalue weighted by molar-refractivity contribution is 9.09. The van der Waals surface area contributed by atoms with E-state index < -0.39 is 17.9 Å². The highest BCUT2D eigenvalue weighted by Crippen LogP contribution is 2.01. The molecular formula is C21H37BrN2O9. The molecule has 12 heteroatoms. The summed E-state index contributed by atoms with van der Waals surface area (Å²) >= 11 is 3.04. The Morgan fingerprint density at radius 2 is 1.52 bits per heavy atom. The number of carboxylic acids is 1. The Kier molecular flexibility index (Phi) is 21.1. The van der Waals surface area contributed by atoms with Crippen molar-refractivity contribution in [1.82, 2.24) is 10.6 Å². The molecule has 0 rings (SSSR count). The fourth-order valence-electron chi connectivity index (χ4n) is 2.52. The van der Waals surface area contributed by atoms with Gasteiger partial charge in [0.1, 0.15) is 19.3 Å². The van der Waals surface area contributed by atoms with Crippen molar-refractivity contribution >= 4 is 39.5 Å². The van der Waals surface area contributed by atoms with Crippen molar-refractivity contribution in [1.29, 1.82) is 0 Å². The molecule has 2 amide bonds. The van der Waals surface area contributed by atoms with Gasteiger partial charge in [0.05, 0.1) is 31.8 Å². The molecule has 0 radical (unpaired) electrons. The Bertz CT molecular complexity index is 564. The first-order valence-corrected chi connectivity index (χ1v) is 12.2. The summed E-state index contributed by atoms with van der Waals surface area (Å²) in [5.74, 6) is -1.78. The predicted octanol–water partition coefficient (Wildman–Crippen LogP) is 0.673. The first-order chi connectivity index (χ1) is 15.9. The average molecular weight is 541 g/mol. The molecule has 3 N–H and O–H groups in total. The van der Waals surface area contributed by atoms with Gasteiger partial charge < -0.3 is 34.7 Å². The minimum Gasteiger partial charge on any atom is -0.480 e. The third-order valence-electron chi connectivity index (χ3n) is 4.19. The maximum Gasteiger partial charge on any atom is 0.326 e. The lowest BCUT2D eigenvalue weighted by molar-refractivity contribution is -0.142. The van der Waals surface area contributed by atoms with E-state index in [1.165, 1.54) is 0 Å². The van der Waals surface area contributed by atoms with Crippen LogP contribution in [0.3, 0.4) is 0 Å².